The van der Waals surface area contributed by atoms with Crippen molar-refractivity contribution in [3.05, 3.63) is 51.2 Å². The number of aromatic hydroxyl groups is 1. The van der Waals surface area contributed by atoms with E-state index >= 15 is 4.39 Å². The Hall–Kier alpha value is -3.28. The van der Waals surface area contributed by atoms with Crippen molar-refractivity contribution in [1.82, 2.24) is 10.2 Å². The van der Waals surface area contributed by atoms with Crippen molar-refractivity contribution in [2.24, 2.45) is 17.1 Å². The summed E-state index contributed by atoms with van der Waals surface area (Å²) in [6.07, 6.45) is 0.981. The molecular formula is C26H30FN3O7. The number of nitrogens with one attached hydrogen (secondary N) is 1. The van der Waals surface area contributed by atoms with Crippen LogP contribution in [0.4, 0.5) is 4.39 Å². The van der Waals surface area contributed by atoms with Crippen LogP contribution in [-0.2, 0) is 16.0 Å². The number of carbonyl (C=O) groups excluding carboxylic acids is 3. The third-order valence-corrected chi connectivity index (χ3v) is 8.35. The fraction of sp³-hybridized carbons (Fsp3) is 0.500. The Labute approximate surface area is 212 Å². The van der Waals surface area contributed by atoms with E-state index in [1.807, 2.05) is 0 Å². The van der Waals surface area contributed by atoms with Gasteiger partial charge in [-0.1, -0.05) is 0 Å². The van der Waals surface area contributed by atoms with Crippen molar-refractivity contribution < 1.29 is 39.2 Å². The van der Waals surface area contributed by atoms with Crippen molar-refractivity contribution in [2.75, 3.05) is 27.2 Å². The molecule has 0 spiro atoms. The molecule has 2 unspecified atom stereocenters. The first kappa shape index (κ1) is 25.4. The second kappa shape index (κ2) is 8.37. The second-order valence-corrected chi connectivity index (χ2v) is 10.9. The molecule has 10 nitrogen and oxygen atoms in total. The molecule has 7 N–H and O–H groups in total. The first-order valence-corrected chi connectivity index (χ1v) is 12.2. The average Bonchev–Trinajstić information content (AvgIpc) is 3.32. The minimum absolute atomic E-state index is 0.0139. The van der Waals surface area contributed by atoms with Gasteiger partial charge in [0.15, 0.2) is 11.4 Å². The molecule has 1 fully saturated rings. The van der Waals surface area contributed by atoms with Crippen LogP contribution >= 0.6 is 0 Å². The van der Waals surface area contributed by atoms with Crippen LogP contribution in [0.5, 0.6) is 5.75 Å². The van der Waals surface area contributed by atoms with E-state index in [2.05, 4.69) is 5.32 Å². The van der Waals surface area contributed by atoms with Crippen molar-refractivity contribution >= 4 is 17.5 Å². The Morgan fingerprint density at radius 2 is 1.97 bits per heavy atom. The van der Waals surface area contributed by atoms with Crippen LogP contribution in [0.25, 0.3) is 0 Å². The van der Waals surface area contributed by atoms with Gasteiger partial charge >= 0.3 is 0 Å². The van der Waals surface area contributed by atoms with Gasteiger partial charge in [0.25, 0.3) is 5.91 Å². The van der Waals surface area contributed by atoms with Crippen molar-refractivity contribution in [3.63, 3.8) is 0 Å². The summed E-state index contributed by atoms with van der Waals surface area (Å²) < 4.78 is 15.8. The van der Waals surface area contributed by atoms with E-state index in [1.165, 1.54) is 6.07 Å². The standard InChI is InChI=1S/C26H30FN3O7/c1-30(2)10-25-8-11-6-13-18(15(31)7-12(20(13)27)14-4-3-5-29-14)21(33)17(11)22(34)26(25,37)23(35)19(24(28)36)16(32)9-25/h7,11,14,29,31-32,34,37H,3-6,8-10H2,1-2H3,(H2,28,36)/t11?,14?,25-,26-/m0/s1. The van der Waals surface area contributed by atoms with E-state index < -0.39 is 63.1 Å². The number of amides is 1. The monoisotopic (exact) mass is 515 g/mol. The van der Waals surface area contributed by atoms with Crippen molar-refractivity contribution in [2.45, 2.75) is 43.7 Å². The summed E-state index contributed by atoms with van der Waals surface area (Å²) in [5.74, 6) is -6.93. The molecular weight excluding hydrogens is 485 g/mol. The number of rotatable bonds is 4. The fourth-order valence-electron chi connectivity index (χ4n) is 6.94. The molecule has 1 aromatic rings. The summed E-state index contributed by atoms with van der Waals surface area (Å²) in [7, 11) is 3.33. The molecule has 1 amide bonds. The van der Waals surface area contributed by atoms with Crippen LogP contribution in [0, 0.1) is 17.2 Å². The van der Waals surface area contributed by atoms with E-state index in [9.17, 15) is 34.8 Å². The smallest absolute Gasteiger partial charge is 0.255 e. The number of aliphatic hydroxyl groups excluding tert-OH is 2. The van der Waals surface area contributed by atoms with Crippen LogP contribution in [0.1, 0.15) is 53.2 Å². The quantitative estimate of drug-likeness (QED) is 0.321. The van der Waals surface area contributed by atoms with Crippen molar-refractivity contribution in [1.29, 1.82) is 0 Å². The number of halogens is 1. The molecule has 3 aliphatic carbocycles. The van der Waals surface area contributed by atoms with Crippen LogP contribution in [0.15, 0.2) is 28.7 Å². The Bertz CT molecular complexity index is 1310. The predicted octanol–water partition coefficient (Wildman–Crippen LogP) is 1.08. The molecule has 0 saturated carbocycles. The van der Waals surface area contributed by atoms with E-state index in [0.29, 0.717) is 13.0 Å². The van der Waals surface area contributed by atoms with Gasteiger partial charge < -0.3 is 36.4 Å². The van der Waals surface area contributed by atoms with Crippen LogP contribution in [-0.4, -0.2) is 75.6 Å². The van der Waals surface area contributed by atoms with Gasteiger partial charge in [-0.2, -0.15) is 0 Å². The number of Topliss-reactive ketones (excluding diaryl/α,β-unsaturated/α-hetero) is 2. The van der Waals surface area contributed by atoms with Gasteiger partial charge in [-0.05, 0) is 58.3 Å². The molecule has 0 bridgehead atoms. The molecule has 1 heterocycles. The molecule has 1 aliphatic heterocycles. The Balaban J connectivity index is 1.72. The van der Waals surface area contributed by atoms with E-state index in [-0.39, 0.29) is 54.1 Å². The molecule has 4 aliphatic rings. The van der Waals surface area contributed by atoms with Crippen LogP contribution in [0.2, 0.25) is 0 Å². The van der Waals surface area contributed by atoms with Gasteiger partial charge in [0.2, 0.25) is 5.78 Å². The molecule has 0 aromatic heterocycles. The predicted molar refractivity (Wildman–Crippen MR) is 128 cm³/mol. The summed E-state index contributed by atoms with van der Waals surface area (Å²) in [6, 6.07) is 0.900. The highest BCUT2D eigenvalue weighted by Crippen LogP contribution is 2.58. The highest BCUT2D eigenvalue weighted by Gasteiger charge is 2.67. The lowest BCUT2D eigenvalue weighted by molar-refractivity contribution is -0.161. The molecule has 5 rings (SSSR count). The minimum Gasteiger partial charge on any atom is -0.511 e. The van der Waals surface area contributed by atoms with Gasteiger partial charge in [0, 0.05) is 41.1 Å². The number of phenols is 1. The zero-order valence-electron chi connectivity index (χ0n) is 20.6. The zero-order chi connectivity index (χ0) is 27.0. The largest absolute Gasteiger partial charge is 0.511 e. The highest BCUT2D eigenvalue weighted by molar-refractivity contribution is 6.24. The summed E-state index contributed by atoms with van der Waals surface area (Å²) in [6.45, 7) is 0.689. The number of hydrogen-bond donors (Lipinski definition) is 6. The number of primary amides is 1. The van der Waals surface area contributed by atoms with Gasteiger partial charge in [-0.25, -0.2) is 4.39 Å². The number of carbonyl (C=O) groups is 3. The summed E-state index contributed by atoms with van der Waals surface area (Å²) >= 11 is 0. The van der Waals surface area contributed by atoms with E-state index in [0.717, 1.165) is 6.42 Å². The molecule has 11 heteroatoms. The maximum atomic E-state index is 15.8. The molecule has 1 saturated heterocycles. The highest BCUT2D eigenvalue weighted by atomic mass is 19.1. The number of aliphatic hydroxyl groups is 3. The molecule has 198 valence electrons. The molecule has 4 atom stereocenters. The lowest BCUT2D eigenvalue weighted by Gasteiger charge is -2.54. The number of benzene rings is 1. The number of ketones is 2. The van der Waals surface area contributed by atoms with Crippen LogP contribution < -0.4 is 11.1 Å². The number of nitrogens with two attached hydrogens (primary N) is 1. The third kappa shape index (κ3) is 3.37. The number of phenolic OH excluding ortho intramolecular Hbond substituents is 1. The SMILES string of the molecule is CN(C)C[C@]12CC(O)=C(C(N)=O)C(=O)[C@@]1(O)C(O)=C1C(=O)c3c(O)cc(C4CCCN4)c(F)c3CC1C2. The number of hydrogen-bond acceptors (Lipinski definition) is 9. The Morgan fingerprint density at radius 3 is 2.57 bits per heavy atom. The zero-order valence-corrected chi connectivity index (χ0v) is 20.6. The molecule has 37 heavy (non-hydrogen) atoms. The van der Waals surface area contributed by atoms with Crippen molar-refractivity contribution in [3.8, 4) is 5.75 Å². The lowest BCUT2D eigenvalue weighted by Crippen LogP contribution is -2.66. The maximum Gasteiger partial charge on any atom is 0.255 e. The normalized spacial score (nSPS) is 31.5. The first-order chi connectivity index (χ1) is 17.3. The second-order valence-electron chi connectivity index (χ2n) is 10.9. The van der Waals surface area contributed by atoms with E-state index in [4.69, 9.17) is 5.73 Å². The van der Waals surface area contributed by atoms with Gasteiger partial charge in [-0.3, -0.25) is 14.4 Å². The number of fused-ring (bicyclic) bond motifs is 3. The van der Waals surface area contributed by atoms with Gasteiger partial charge in [-0.15, -0.1) is 0 Å². The first-order valence-electron chi connectivity index (χ1n) is 12.2. The average molecular weight is 516 g/mol. The third-order valence-electron chi connectivity index (χ3n) is 8.35. The van der Waals surface area contributed by atoms with Gasteiger partial charge in [0.1, 0.15) is 28.7 Å². The number of allylic oxidation sites excluding steroid dienone is 2. The Kier molecular flexibility index (Phi) is 5.74. The number of nitrogens with zero attached hydrogens (tertiary/aromatic N) is 1. The topological polar surface area (TPSA) is 173 Å². The van der Waals surface area contributed by atoms with Crippen LogP contribution in [0.3, 0.4) is 0 Å². The molecule has 1 aromatic carbocycles. The minimum atomic E-state index is -2.74. The fourth-order valence-corrected chi connectivity index (χ4v) is 6.94. The van der Waals surface area contributed by atoms with E-state index in [1.54, 1.807) is 19.0 Å². The molecule has 0 radical (unpaired) electrons. The lowest BCUT2D eigenvalue weighted by atomic mass is 9.52. The maximum absolute atomic E-state index is 15.8. The summed E-state index contributed by atoms with van der Waals surface area (Å²) in [5, 5.41) is 47.8. The summed E-state index contributed by atoms with van der Waals surface area (Å²) in [4.78, 5) is 40.7. The van der Waals surface area contributed by atoms with Gasteiger partial charge in [0.05, 0.1) is 5.56 Å². The summed E-state index contributed by atoms with van der Waals surface area (Å²) in [5.41, 5.74) is -0.192. The Morgan fingerprint density at radius 1 is 1.27 bits per heavy atom.